The third-order valence-electron chi connectivity index (χ3n) is 0.315. The molecule has 0 saturated heterocycles. The van der Waals surface area contributed by atoms with Crippen molar-refractivity contribution in [1.29, 1.82) is 0 Å². The van der Waals surface area contributed by atoms with Gasteiger partial charge in [0.15, 0.2) is 0 Å². The number of nitrogens with two attached hydrogens (primary N) is 2. The van der Waals surface area contributed by atoms with Crippen molar-refractivity contribution in [3.8, 4) is 0 Å². The predicted molar refractivity (Wildman–Crippen MR) is 46.6 cm³/mol. The highest BCUT2D eigenvalue weighted by molar-refractivity contribution is 8.19. The zero-order valence-electron chi connectivity index (χ0n) is 5.95. The molecule has 64 valence electrons. The van der Waals surface area contributed by atoms with Gasteiger partial charge in [-0.1, -0.05) is 6.92 Å². The Labute approximate surface area is 67.8 Å². The fourth-order valence-electron chi connectivity index (χ4n) is 0.127. The lowest BCUT2D eigenvalue weighted by molar-refractivity contribution is 0.369. The zero-order chi connectivity index (χ0) is 8.41. The van der Waals surface area contributed by atoms with Crippen molar-refractivity contribution in [1.82, 2.24) is 0 Å². The molecule has 0 aliphatic carbocycles. The highest BCUT2D eigenvalue weighted by atomic mass is 32.8. The summed E-state index contributed by atoms with van der Waals surface area (Å²) in [4.78, 5) is 0. The first-order valence-electron chi connectivity index (χ1n) is 2.86. The van der Waals surface area contributed by atoms with Gasteiger partial charge in [-0.05, 0) is 6.54 Å². The van der Waals surface area contributed by atoms with E-state index in [0.717, 1.165) is 6.54 Å². The normalized spacial score (nSPS) is 11.5. The van der Waals surface area contributed by atoms with Gasteiger partial charge in [0.05, 0.1) is 6.61 Å². The van der Waals surface area contributed by atoms with Crippen molar-refractivity contribution in [3.63, 3.8) is 0 Å². The number of thiol groups is 1. The van der Waals surface area contributed by atoms with Crippen LogP contribution in [0.15, 0.2) is 0 Å². The predicted octanol–water partition coefficient (Wildman–Crippen LogP) is -1.22. The monoisotopic (exact) mass is 186 g/mol. The lowest BCUT2D eigenvalue weighted by Gasteiger charge is -1.87. The summed E-state index contributed by atoms with van der Waals surface area (Å²) in [5, 5.41) is 0. The second-order valence-electron chi connectivity index (χ2n) is 1.25. The van der Waals surface area contributed by atoms with Crippen molar-refractivity contribution in [2.24, 2.45) is 11.5 Å². The van der Waals surface area contributed by atoms with Crippen molar-refractivity contribution < 1.29 is 8.39 Å². The fraction of sp³-hybridized carbons (Fsp3) is 1.00. The fourth-order valence-corrected chi connectivity index (χ4v) is 0.605. The molecule has 0 aromatic carbocycles. The van der Waals surface area contributed by atoms with E-state index in [0.29, 0.717) is 13.2 Å². The van der Waals surface area contributed by atoms with Crippen LogP contribution in [0.2, 0.25) is 0 Å². The van der Waals surface area contributed by atoms with Crippen molar-refractivity contribution >= 4 is 20.8 Å². The first-order chi connectivity index (χ1) is 4.68. The molecule has 0 rings (SSSR count). The third kappa shape index (κ3) is 24.0. The summed E-state index contributed by atoms with van der Waals surface area (Å²) in [5.41, 5.74) is 9.82. The zero-order valence-corrected chi connectivity index (χ0v) is 7.66. The van der Waals surface area contributed by atoms with Gasteiger partial charge in [0.2, 0.25) is 0 Å². The van der Waals surface area contributed by atoms with E-state index in [1.165, 1.54) is 0 Å². The Morgan fingerprint density at radius 2 is 2.00 bits per heavy atom. The Hall–Kier alpha value is 0.250. The van der Waals surface area contributed by atoms with Crippen LogP contribution in [0.25, 0.3) is 0 Å². The Balaban J connectivity index is 0. The molecular formula is C4H14N2O2S2. The first kappa shape index (κ1) is 12.9. The lowest BCUT2D eigenvalue weighted by Crippen LogP contribution is -2.06. The van der Waals surface area contributed by atoms with Crippen LogP contribution in [-0.4, -0.2) is 23.9 Å². The second-order valence-corrected chi connectivity index (χ2v) is 2.85. The Kier molecular flexibility index (Phi) is 15.4. The molecule has 6 heteroatoms. The molecule has 0 heterocycles. The molecular weight excluding hydrogens is 172 g/mol. The maximum absolute atomic E-state index is 9.89. The van der Waals surface area contributed by atoms with Crippen LogP contribution < -0.4 is 11.5 Å². The van der Waals surface area contributed by atoms with Crippen LogP contribution >= 0.6 is 0 Å². The lowest BCUT2D eigenvalue weighted by atomic mass is 10.8. The Morgan fingerprint density at radius 1 is 1.60 bits per heavy atom. The topological polar surface area (TPSA) is 78.3 Å². The van der Waals surface area contributed by atoms with Crippen LogP contribution in [-0.2, 0) is 25.0 Å². The van der Waals surface area contributed by atoms with E-state index < -0.39 is 9.64 Å². The number of hydrogen-bond acceptors (Lipinski definition) is 5. The van der Waals surface area contributed by atoms with E-state index in [4.69, 9.17) is 11.5 Å². The van der Waals surface area contributed by atoms with Crippen molar-refractivity contribution in [2.75, 3.05) is 19.7 Å². The summed E-state index contributed by atoms with van der Waals surface area (Å²) in [6.07, 6.45) is 0. The summed E-state index contributed by atoms with van der Waals surface area (Å²) in [7, 11) is -1.85. The molecule has 4 nitrogen and oxygen atoms in total. The maximum Gasteiger partial charge on any atom is 0.133 e. The SMILES string of the molecule is CCN.NCCO[SH](=O)=S. The smallest absolute Gasteiger partial charge is 0.133 e. The molecule has 0 saturated carbocycles. The van der Waals surface area contributed by atoms with E-state index in [1.54, 1.807) is 0 Å². The van der Waals surface area contributed by atoms with E-state index in [1.807, 2.05) is 6.92 Å². The quantitative estimate of drug-likeness (QED) is 0.482. The molecule has 0 aliphatic rings. The summed E-state index contributed by atoms with van der Waals surface area (Å²) in [6.45, 7) is 3.32. The van der Waals surface area contributed by atoms with Gasteiger partial charge in [0.1, 0.15) is 9.64 Å². The van der Waals surface area contributed by atoms with Crippen LogP contribution in [0.1, 0.15) is 6.92 Å². The van der Waals surface area contributed by atoms with E-state index in [-0.39, 0.29) is 0 Å². The van der Waals surface area contributed by atoms with Gasteiger partial charge in [-0.2, -0.15) is 0 Å². The minimum Gasteiger partial charge on any atom is -0.331 e. The maximum atomic E-state index is 9.89. The molecule has 1 unspecified atom stereocenters. The standard InChI is InChI=1S/C2H7NO2S2.C2H7N/c3-1-2-5-7(4)6;1-2-3/h7H,1-3H2;2-3H2,1H3. The number of rotatable bonds is 3. The summed E-state index contributed by atoms with van der Waals surface area (Å²) in [6, 6.07) is 0. The summed E-state index contributed by atoms with van der Waals surface area (Å²) in [5.74, 6) is 0. The molecule has 4 N–H and O–H groups in total. The minimum absolute atomic E-state index is 0.290. The van der Waals surface area contributed by atoms with E-state index in [9.17, 15) is 4.21 Å². The largest absolute Gasteiger partial charge is 0.331 e. The van der Waals surface area contributed by atoms with Gasteiger partial charge in [-0.3, -0.25) is 4.18 Å². The van der Waals surface area contributed by atoms with Gasteiger partial charge < -0.3 is 11.5 Å². The Morgan fingerprint density at radius 3 is 2.10 bits per heavy atom. The highest BCUT2D eigenvalue weighted by Crippen LogP contribution is 1.67. The molecule has 0 aromatic heterocycles. The molecule has 0 spiro atoms. The average molecular weight is 186 g/mol. The van der Waals surface area contributed by atoms with Gasteiger partial charge in [-0.15, -0.1) is 0 Å². The van der Waals surface area contributed by atoms with Gasteiger partial charge >= 0.3 is 0 Å². The van der Waals surface area contributed by atoms with Crippen molar-refractivity contribution in [3.05, 3.63) is 0 Å². The molecule has 0 bridgehead atoms. The van der Waals surface area contributed by atoms with Gasteiger partial charge in [-0.25, -0.2) is 4.21 Å². The average Bonchev–Trinajstić information content (AvgIpc) is 1.85. The van der Waals surface area contributed by atoms with Crippen molar-refractivity contribution in [2.45, 2.75) is 6.92 Å². The summed E-state index contributed by atoms with van der Waals surface area (Å²) >= 11 is 4.18. The third-order valence-corrected chi connectivity index (χ3v) is 1.02. The van der Waals surface area contributed by atoms with Gasteiger partial charge in [0.25, 0.3) is 0 Å². The Bertz CT molecular complexity index is 108. The van der Waals surface area contributed by atoms with Crippen LogP contribution in [0.4, 0.5) is 0 Å². The van der Waals surface area contributed by atoms with E-state index >= 15 is 0 Å². The minimum atomic E-state index is -1.85. The van der Waals surface area contributed by atoms with Crippen LogP contribution in [0.3, 0.4) is 0 Å². The molecule has 0 aromatic rings. The first-order valence-corrected chi connectivity index (χ1v) is 5.05. The molecule has 1 atom stereocenters. The number of hydrogen-bond donors (Lipinski definition) is 3. The van der Waals surface area contributed by atoms with Crippen LogP contribution in [0, 0.1) is 0 Å². The molecule has 10 heavy (non-hydrogen) atoms. The molecule has 0 aliphatic heterocycles. The molecule has 0 radical (unpaired) electrons. The highest BCUT2D eigenvalue weighted by Gasteiger charge is 1.76. The van der Waals surface area contributed by atoms with Crippen LogP contribution in [0.5, 0.6) is 0 Å². The molecule has 0 amide bonds. The van der Waals surface area contributed by atoms with Gasteiger partial charge in [0, 0.05) is 17.7 Å². The summed E-state index contributed by atoms with van der Waals surface area (Å²) < 4.78 is 14.3. The molecule has 0 fully saturated rings. The van der Waals surface area contributed by atoms with E-state index in [2.05, 4.69) is 15.4 Å². The second kappa shape index (κ2) is 12.0.